The summed E-state index contributed by atoms with van der Waals surface area (Å²) in [7, 11) is 0. The van der Waals surface area contributed by atoms with Gasteiger partial charge in [-0.2, -0.15) is 0 Å². The van der Waals surface area contributed by atoms with Crippen LogP contribution < -0.4 is 10.6 Å². The Balaban J connectivity index is 1.52. The van der Waals surface area contributed by atoms with Crippen LogP contribution >= 0.6 is 0 Å². The first-order valence-corrected chi connectivity index (χ1v) is 9.60. The molecular formula is C18H36N4O. The molecule has 1 saturated heterocycles. The summed E-state index contributed by atoms with van der Waals surface area (Å²) in [6.45, 7) is 12.5. The Kier molecular flexibility index (Phi) is 8.76. The molecule has 1 aliphatic heterocycles. The standard InChI is InChI=1S/C18H36N4O/c1-3-19-18(21-10-14-23-15-17-5-6-17)20-9-4-11-22-12-7-16(2)8-13-22/h16-17H,3-15H2,1-2H3,(H2,19,20,21). The van der Waals surface area contributed by atoms with Crippen molar-refractivity contribution in [2.45, 2.75) is 46.0 Å². The van der Waals surface area contributed by atoms with Gasteiger partial charge in [0.1, 0.15) is 0 Å². The minimum absolute atomic E-state index is 0.771. The highest BCUT2D eigenvalue weighted by atomic mass is 16.5. The van der Waals surface area contributed by atoms with Crippen LogP contribution in [-0.2, 0) is 4.74 Å². The monoisotopic (exact) mass is 324 g/mol. The van der Waals surface area contributed by atoms with Gasteiger partial charge in [-0.3, -0.25) is 4.99 Å². The van der Waals surface area contributed by atoms with E-state index in [0.29, 0.717) is 0 Å². The van der Waals surface area contributed by atoms with Crippen LogP contribution in [0.25, 0.3) is 0 Å². The van der Waals surface area contributed by atoms with E-state index < -0.39 is 0 Å². The number of ether oxygens (including phenoxy) is 1. The average Bonchev–Trinajstić information content (AvgIpc) is 3.37. The molecule has 23 heavy (non-hydrogen) atoms. The van der Waals surface area contributed by atoms with Crippen molar-refractivity contribution in [3.8, 4) is 0 Å². The van der Waals surface area contributed by atoms with Gasteiger partial charge in [0.2, 0.25) is 0 Å². The van der Waals surface area contributed by atoms with Crippen LogP contribution in [0.1, 0.15) is 46.0 Å². The van der Waals surface area contributed by atoms with Gasteiger partial charge in [-0.25, -0.2) is 0 Å². The van der Waals surface area contributed by atoms with Gasteiger partial charge >= 0.3 is 0 Å². The quantitative estimate of drug-likeness (QED) is 0.367. The first-order chi connectivity index (χ1) is 11.3. The van der Waals surface area contributed by atoms with E-state index in [9.17, 15) is 0 Å². The summed E-state index contributed by atoms with van der Waals surface area (Å²) in [4.78, 5) is 7.26. The van der Waals surface area contributed by atoms with Gasteiger partial charge in [-0.1, -0.05) is 6.92 Å². The van der Waals surface area contributed by atoms with Crippen molar-refractivity contribution in [3.63, 3.8) is 0 Å². The van der Waals surface area contributed by atoms with Crippen molar-refractivity contribution in [2.75, 3.05) is 52.5 Å². The third-order valence-corrected chi connectivity index (χ3v) is 4.71. The Morgan fingerprint density at radius 2 is 1.96 bits per heavy atom. The lowest BCUT2D eigenvalue weighted by molar-refractivity contribution is 0.129. The summed E-state index contributed by atoms with van der Waals surface area (Å²) in [6.07, 6.45) is 6.56. The third kappa shape index (κ3) is 8.56. The predicted octanol–water partition coefficient (Wildman–Crippen LogP) is 2.09. The van der Waals surface area contributed by atoms with E-state index in [2.05, 4.69) is 34.4 Å². The van der Waals surface area contributed by atoms with Crippen molar-refractivity contribution < 1.29 is 4.74 Å². The summed E-state index contributed by atoms with van der Waals surface area (Å²) < 4.78 is 5.65. The fraction of sp³-hybridized carbons (Fsp3) is 0.944. The van der Waals surface area contributed by atoms with Crippen LogP contribution in [-0.4, -0.2) is 63.3 Å². The normalized spacial score (nSPS) is 20.7. The van der Waals surface area contributed by atoms with Gasteiger partial charge in [0.25, 0.3) is 0 Å². The topological polar surface area (TPSA) is 48.9 Å². The van der Waals surface area contributed by atoms with E-state index in [-0.39, 0.29) is 0 Å². The maximum atomic E-state index is 5.65. The third-order valence-electron chi connectivity index (χ3n) is 4.71. The largest absolute Gasteiger partial charge is 0.379 e. The zero-order valence-electron chi connectivity index (χ0n) is 15.1. The number of aliphatic imine (C=N–C) groups is 1. The van der Waals surface area contributed by atoms with E-state index in [1.165, 1.54) is 45.3 Å². The molecule has 0 aromatic heterocycles. The summed E-state index contributed by atoms with van der Waals surface area (Å²) in [5.74, 6) is 2.68. The number of nitrogens with one attached hydrogen (secondary N) is 2. The Morgan fingerprint density at radius 3 is 2.65 bits per heavy atom. The molecule has 2 rings (SSSR count). The molecule has 0 bridgehead atoms. The molecular weight excluding hydrogens is 288 g/mol. The molecule has 1 aliphatic carbocycles. The van der Waals surface area contributed by atoms with Crippen LogP contribution in [0.2, 0.25) is 0 Å². The second-order valence-electron chi connectivity index (χ2n) is 7.08. The molecule has 0 aromatic rings. The molecule has 0 amide bonds. The minimum atomic E-state index is 0.771. The molecule has 2 fully saturated rings. The summed E-state index contributed by atoms with van der Waals surface area (Å²) in [6, 6.07) is 0. The fourth-order valence-corrected chi connectivity index (χ4v) is 2.89. The highest BCUT2D eigenvalue weighted by Crippen LogP contribution is 2.28. The van der Waals surface area contributed by atoms with Gasteiger partial charge in [0.05, 0.1) is 6.61 Å². The summed E-state index contributed by atoms with van der Waals surface area (Å²) >= 11 is 0. The lowest BCUT2D eigenvalue weighted by Crippen LogP contribution is -2.39. The molecule has 2 N–H and O–H groups in total. The molecule has 0 radical (unpaired) electrons. The smallest absolute Gasteiger partial charge is 0.191 e. The Morgan fingerprint density at radius 1 is 1.17 bits per heavy atom. The molecule has 0 unspecified atom stereocenters. The molecule has 2 aliphatic rings. The number of rotatable bonds is 10. The number of nitrogens with zero attached hydrogens (tertiary/aromatic N) is 2. The van der Waals surface area contributed by atoms with Gasteiger partial charge in [-0.15, -0.1) is 0 Å². The molecule has 1 saturated carbocycles. The molecule has 5 heteroatoms. The maximum Gasteiger partial charge on any atom is 0.191 e. The average molecular weight is 325 g/mol. The lowest BCUT2D eigenvalue weighted by Gasteiger charge is -2.29. The Hall–Kier alpha value is -0.810. The molecule has 1 heterocycles. The Labute approximate surface area is 142 Å². The first-order valence-electron chi connectivity index (χ1n) is 9.60. The van der Waals surface area contributed by atoms with Crippen LogP contribution in [0.4, 0.5) is 0 Å². The zero-order chi connectivity index (χ0) is 16.3. The van der Waals surface area contributed by atoms with Crippen LogP contribution in [0.3, 0.4) is 0 Å². The lowest BCUT2D eigenvalue weighted by atomic mass is 9.99. The van der Waals surface area contributed by atoms with Gasteiger partial charge in [0.15, 0.2) is 5.96 Å². The predicted molar refractivity (Wildman–Crippen MR) is 97.0 cm³/mol. The van der Waals surface area contributed by atoms with Crippen molar-refractivity contribution in [2.24, 2.45) is 16.8 Å². The summed E-state index contributed by atoms with van der Waals surface area (Å²) in [5, 5.41) is 6.67. The highest BCUT2D eigenvalue weighted by Gasteiger charge is 2.20. The number of piperidine rings is 1. The minimum Gasteiger partial charge on any atom is -0.379 e. The zero-order valence-corrected chi connectivity index (χ0v) is 15.1. The van der Waals surface area contributed by atoms with E-state index in [0.717, 1.165) is 57.1 Å². The van der Waals surface area contributed by atoms with E-state index >= 15 is 0 Å². The van der Waals surface area contributed by atoms with Gasteiger partial charge < -0.3 is 20.3 Å². The van der Waals surface area contributed by atoms with E-state index in [1.54, 1.807) is 0 Å². The molecule has 5 nitrogen and oxygen atoms in total. The van der Waals surface area contributed by atoms with Crippen LogP contribution in [0, 0.1) is 11.8 Å². The van der Waals surface area contributed by atoms with Crippen LogP contribution in [0.15, 0.2) is 4.99 Å². The second-order valence-corrected chi connectivity index (χ2v) is 7.08. The van der Waals surface area contributed by atoms with Crippen molar-refractivity contribution in [1.29, 1.82) is 0 Å². The van der Waals surface area contributed by atoms with Gasteiger partial charge in [0, 0.05) is 26.2 Å². The Bertz CT molecular complexity index is 336. The van der Waals surface area contributed by atoms with E-state index in [1.807, 2.05) is 0 Å². The molecule has 134 valence electrons. The van der Waals surface area contributed by atoms with Crippen molar-refractivity contribution in [3.05, 3.63) is 0 Å². The SMILES string of the molecule is CCNC(=NCCCN1CCC(C)CC1)NCCOCC1CC1. The van der Waals surface area contributed by atoms with E-state index in [4.69, 9.17) is 4.74 Å². The van der Waals surface area contributed by atoms with Gasteiger partial charge in [-0.05, 0) is 70.5 Å². The highest BCUT2D eigenvalue weighted by molar-refractivity contribution is 5.79. The first kappa shape index (κ1) is 18.5. The fourth-order valence-electron chi connectivity index (χ4n) is 2.89. The maximum absolute atomic E-state index is 5.65. The number of likely N-dealkylation sites (tertiary alicyclic amines) is 1. The van der Waals surface area contributed by atoms with Crippen molar-refractivity contribution in [1.82, 2.24) is 15.5 Å². The van der Waals surface area contributed by atoms with Crippen LogP contribution in [0.5, 0.6) is 0 Å². The summed E-state index contributed by atoms with van der Waals surface area (Å²) in [5.41, 5.74) is 0. The second kappa shape index (κ2) is 10.9. The molecule has 0 aromatic carbocycles. The number of guanidine groups is 1. The van der Waals surface area contributed by atoms with Crippen molar-refractivity contribution >= 4 is 5.96 Å². The number of hydrogen-bond donors (Lipinski definition) is 2. The molecule has 0 spiro atoms. The molecule has 0 atom stereocenters. The number of hydrogen-bond acceptors (Lipinski definition) is 3.